The van der Waals surface area contributed by atoms with E-state index < -0.39 is 5.92 Å². The predicted molar refractivity (Wildman–Crippen MR) is 136 cm³/mol. The molecule has 35 heavy (non-hydrogen) atoms. The van der Waals surface area contributed by atoms with E-state index in [0.29, 0.717) is 23.5 Å². The van der Waals surface area contributed by atoms with E-state index in [1.54, 1.807) is 36.3 Å². The Morgan fingerprint density at radius 1 is 1.00 bits per heavy atom. The largest absolute Gasteiger partial charge is 0.496 e. The Labute approximate surface area is 205 Å². The molecule has 0 spiro atoms. The fourth-order valence-corrected chi connectivity index (χ4v) is 4.29. The van der Waals surface area contributed by atoms with Gasteiger partial charge in [0.05, 0.1) is 24.3 Å². The van der Waals surface area contributed by atoms with Gasteiger partial charge in [-0.25, -0.2) is 0 Å². The van der Waals surface area contributed by atoms with Crippen molar-refractivity contribution in [2.75, 3.05) is 23.9 Å². The van der Waals surface area contributed by atoms with Gasteiger partial charge in [-0.2, -0.15) is 0 Å². The molecule has 180 valence electrons. The minimum absolute atomic E-state index is 0.0818. The van der Waals surface area contributed by atoms with E-state index in [0.717, 1.165) is 22.4 Å². The third-order valence-electron chi connectivity index (χ3n) is 6.42. The molecule has 1 aliphatic rings. The summed E-state index contributed by atoms with van der Waals surface area (Å²) in [7, 11) is 1.58. The van der Waals surface area contributed by atoms with Crippen LogP contribution in [0.5, 0.6) is 5.75 Å². The van der Waals surface area contributed by atoms with Crippen LogP contribution in [0.3, 0.4) is 0 Å². The molecule has 0 radical (unpaired) electrons. The maximum atomic E-state index is 13.1. The van der Waals surface area contributed by atoms with E-state index in [4.69, 9.17) is 4.74 Å². The lowest BCUT2D eigenvalue weighted by Gasteiger charge is -2.20. The summed E-state index contributed by atoms with van der Waals surface area (Å²) in [5, 5.41) is 5.76. The van der Waals surface area contributed by atoms with Crippen molar-refractivity contribution in [1.29, 1.82) is 0 Å². The van der Waals surface area contributed by atoms with Crippen LogP contribution < -0.4 is 20.3 Å². The first-order chi connectivity index (χ1) is 16.9. The molecule has 0 bridgehead atoms. The number of benzene rings is 3. The van der Waals surface area contributed by atoms with Crippen molar-refractivity contribution in [1.82, 2.24) is 5.32 Å². The molecule has 7 heteroatoms. The smallest absolute Gasteiger partial charge is 0.253 e. The third-order valence-corrected chi connectivity index (χ3v) is 6.42. The van der Waals surface area contributed by atoms with Crippen molar-refractivity contribution >= 4 is 29.1 Å². The van der Waals surface area contributed by atoms with Gasteiger partial charge in [-0.15, -0.1) is 0 Å². The first-order valence-corrected chi connectivity index (χ1v) is 11.6. The standard InChI is InChI=1S/C28H29N3O4/c1-18-9-8-13-24(19(18)2)31-17-21(15-26(31)32)27(33)30-23-12-6-5-11-22(23)28(34)29-16-20-10-4-7-14-25(20)35-3/h4-14,21H,15-17H2,1-3H3,(H,29,34)(H,30,33)/t21-/m0/s1. The number of methoxy groups -OCH3 is 1. The van der Waals surface area contributed by atoms with Crippen molar-refractivity contribution in [2.45, 2.75) is 26.8 Å². The average Bonchev–Trinajstić information content (AvgIpc) is 3.26. The Balaban J connectivity index is 1.44. The van der Waals surface area contributed by atoms with Gasteiger partial charge >= 0.3 is 0 Å². The summed E-state index contributed by atoms with van der Waals surface area (Å²) in [6.45, 7) is 4.56. The number of para-hydroxylation sites is 2. The number of carbonyl (C=O) groups excluding carboxylic acids is 3. The molecule has 3 aromatic carbocycles. The van der Waals surface area contributed by atoms with Gasteiger partial charge in [0.2, 0.25) is 11.8 Å². The molecule has 0 aromatic heterocycles. The van der Waals surface area contributed by atoms with E-state index in [1.165, 1.54) is 0 Å². The number of hydrogen-bond donors (Lipinski definition) is 2. The molecule has 3 aromatic rings. The monoisotopic (exact) mass is 471 g/mol. The quantitative estimate of drug-likeness (QED) is 0.540. The molecule has 0 unspecified atom stereocenters. The number of aryl methyl sites for hydroxylation is 1. The van der Waals surface area contributed by atoms with Crippen molar-refractivity contribution in [3.05, 3.63) is 89.0 Å². The minimum Gasteiger partial charge on any atom is -0.496 e. The zero-order valence-corrected chi connectivity index (χ0v) is 20.1. The van der Waals surface area contributed by atoms with Gasteiger partial charge in [-0.05, 0) is 49.2 Å². The molecule has 1 aliphatic heterocycles. The summed E-state index contributed by atoms with van der Waals surface area (Å²) >= 11 is 0. The van der Waals surface area contributed by atoms with Gasteiger partial charge < -0.3 is 20.3 Å². The number of carbonyl (C=O) groups is 3. The van der Waals surface area contributed by atoms with Crippen LogP contribution in [0.1, 0.15) is 33.5 Å². The molecule has 0 aliphatic carbocycles. The lowest BCUT2D eigenvalue weighted by atomic mass is 10.1. The van der Waals surface area contributed by atoms with Crippen LogP contribution in [0, 0.1) is 19.8 Å². The number of ether oxygens (including phenoxy) is 1. The highest BCUT2D eigenvalue weighted by Crippen LogP contribution is 2.30. The number of nitrogens with zero attached hydrogens (tertiary/aromatic N) is 1. The number of anilines is 2. The van der Waals surface area contributed by atoms with Crippen LogP contribution in [-0.2, 0) is 16.1 Å². The molecule has 2 N–H and O–H groups in total. The van der Waals surface area contributed by atoms with Crippen LogP contribution in [-0.4, -0.2) is 31.4 Å². The zero-order valence-electron chi connectivity index (χ0n) is 20.1. The number of rotatable bonds is 7. The summed E-state index contributed by atoms with van der Waals surface area (Å²) in [6, 6.07) is 20.1. The summed E-state index contributed by atoms with van der Waals surface area (Å²) in [5.41, 5.74) is 4.57. The predicted octanol–water partition coefficient (Wildman–Crippen LogP) is 4.23. The van der Waals surface area contributed by atoms with Crippen LogP contribution in [0.15, 0.2) is 66.7 Å². The minimum atomic E-state index is -0.507. The normalized spacial score (nSPS) is 15.1. The third kappa shape index (κ3) is 5.19. The molecular weight excluding hydrogens is 442 g/mol. The Morgan fingerprint density at radius 3 is 2.54 bits per heavy atom. The topological polar surface area (TPSA) is 87.7 Å². The van der Waals surface area contributed by atoms with E-state index >= 15 is 0 Å². The fraction of sp³-hybridized carbons (Fsp3) is 0.250. The van der Waals surface area contributed by atoms with Crippen LogP contribution in [0.4, 0.5) is 11.4 Å². The van der Waals surface area contributed by atoms with Crippen molar-refractivity contribution in [3.8, 4) is 5.75 Å². The van der Waals surface area contributed by atoms with Crippen molar-refractivity contribution in [2.24, 2.45) is 5.92 Å². The molecule has 0 saturated carbocycles. The van der Waals surface area contributed by atoms with Crippen molar-refractivity contribution < 1.29 is 19.1 Å². The molecule has 1 heterocycles. The summed E-state index contributed by atoms with van der Waals surface area (Å²) in [6.07, 6.45) is 0.126. The number of hydrogen-bond acceptors (Lipinski definition) is 4. The van der Waals surface area contributed by atoms with Gasteiger partial charge in [0, 0.05) is 30.8 Å². The fourth-order valence-electron chi connectivity index (χ4n) is 4.29. The van der Waals surface area contributed by atoms with E-state index in [2.05, 4.69) is 10.6 Å². The molecule has 1 atom stereocenters. The first kappa shape index (κ1) is 24.0. The first-order valence-electron chi connectivity index (χ1n) is 11.6. The Morgan fingerprint density at radius 2 is 1.74 bits per heavy atom. The number of amides is 3. The van der Waals surface area contributed by atoms with Crippen molar-refractivity contribution in [3.63, 3.8) is 0 Å². The van der Waals surface area contributed by atoms with Gasteiger partial charge in [0.15, 0.2) is 0 Å². The Kier molecular flexibility index (Phi) is 7.15. The van der Waals surface area contributed by atoms with Gasteiger partial charge in [0.25, 0.3) is 5.91 Å². The molecular formula is C28H29N3O4. The highest BCUT2D eigenvalue weighted by Gasteiger charge is 2.36. The average molecular weight is 472 g/mol. The summed E-state index contributed by atoms with van der Waals surface area (Å²) < 4.78 is 5.34. The van der Waals surface area contributed by atoms with Crippen LogP contribution in [0.2, 0.25) is 0 Å². The zero-order chi connectivity index (χ0) is 24.9. The maximum Gasteiger partial charge on any atom is 0.253 e. The molecule has 7 nitrogen and oxygen atoms in total. The second-order valence-electron chi connectivity index (χ2n) is 8.65. The van der Waals surface area contributed by atoms with Crippen LogP contribution >= 0.6 is 0 Å². The van der Waals surface area contributed by atoms with Gasteiger partial charge in [-0.3, -0.25) is 14.4 Å². The van der Waals surface area contributed by atoms with E-state index in [1.807, 2.05) is 56.3 Å². The van der Waals surface area contributed by atoms with Gasteiger partial charge in [-0.1, -0.05) is 42.5 Å². The lowest BCUT2D eigenvalue weighted by Crippen LogP contribution is -2.30. The Hall–Kier alpha value is -4.13. The number of nitrogens with one attached hydrogen (secondary N) is 2. The second-order valence-corrected chi connectivity index (χ2v) is 8.65. The van der Waals surface area contributed by atoms with Gasteiger partial charge in [0.1, 0.15) is 5.75 Å². The lowest BCUT2D eigenvalue weighted by molar-refractivity contribution is -0.122. The SMILES string of the molecule is COc1ccccc1CNC(=O)c1ccccc1NC(=O)[C@H]1CC(=O)N(c2cccc(C)c2C)C1. The molecule has 1 fully saturated rings. The summed E-state index contributed by atoms with van der Waals surface area (Å²) in [4.78, 5) is 40.4. The highest BCUT2D eigenvalue weighted by atomic mass is 16.5. The maximum absolute atomic E-state index is 13.1. The highest BCUT2D eigenvalue weighted by molar-refractivity contribution is 6.07. The summed E-state index contributed by atoms with van der Waals surface area (Å²) in [5.74, 6) is -0.495. The van der Waals surface area contributed by atoms with E-state index in [9.17, 15) is 14.4 Å². The Bertz CT molecular complexity index is 1270. The molecule has 1 saturated heterocycles. The molecule has 4 rings (SSSR count). The van der Waals surface area contributed by atoms with Crippen LogP contribution in [0.25, 0.3) is 0 Å². The molecule has 3 amide bonds. The second kappa shape index (κ2) is 10.4. The van der Waals surface area contributed by atoms with E-state index in [-0.39, 0.29) is 30.7 Å².